The van der Waals surface area contributed by atoms with Gasteiger partial charge in [0.05, 0.1) is 0 Å². The van der Waals surface area contributed by atoms with Crippen LogP contribution in [0.5, 0.6) is 0 Å². The zero-order chi connectivity index (χ0) is 4.91. The number of hydrogen-bond donors (Lipinski definition) is 0. The number of hydrogen-bond acceptors (Lipinski definition) is 0. The Hall–Kier alpha value is -0.260. The first kappa shape index (κ1) is 3.71. The first-order valence-corrected chi connectivity index (χ1v) is 2.98. The first-order valence-electron chi connectivity index (χ1n) is 2.98. The van der Waals surface area contributed by atoms with Crippen LogP contribution in [0.15, 0.2) is 12.2 Å². The van der Waals surface area contributed by atoms with Crippen LogP contribution in [0.25, 0.3) is 0 Å². The van der Waals surface area contributed by atoms with Crippen molar-refractivity contribution >= 4 is 0 Å². The molecular formula is C7H10. The van der Waals surface area contributed by atoms with E-state index >= 15 is 0 Å². The third kappa shape index (κ3) is 0.324. The Balaban J connectivity index is 2.28. The fourth-order valence-electron chi connectivity index (χ4n) is 1.48. The maximum Gasteiger partial charge on any atom is -0.0171 e. The molecule has 2 aliphatic carbocycles. The highest BCUT2D eigenvalue weighted by Gasteiger charge is 2.49. The van der Waals surface area contributed by atoms with Crippen molar-refractivity contribution < 1.29 is 0 Å². The standard InChI is InChI=1S/C7H10/c1-7-4-2-3-6(7)5-7/h2-3,6H,4-5H2,1H3/t6-,7-/m0/s1. The van der Waals surface area contributed by atoms with Gasteiger partial charge in [0.25, 0.3) is 0 Å². The molecule has 0 amide bonds. The van der Waals surface area contributed by atoms with Gasteiger partial charge >= 0.3 is 0 Å². The van der Waals surface area contributed by atoms with Crippen LogP contribution >= 0.6 is 0 Å². The van der Waals surface area contributed by atoms with Gasteiger partial charge in [-0.25, -0.2) is 0 Å². The largest absolute Gasteiger partial charge is 0.0877 e. The third-order valence-electron chi connectivity index (χ3n) is 2.37. The van der Waals surface area contributed by atoms with E-state index in [-0.39, 0.29) is 0 Å². The topological polar surface area (TPSA) is 0 Å². The molecule has 0 spiro atoms. The minimum atomic E-state index is 0.750. The van der Waals surface area contributed by atoms with Gasteiger partial charge in [-0.2, -0.15) is 0 Å². The zero-order valence-electron chi connectivity index (χ0n) is 4.65. The molecule has 0 aromatic heterocycles. The summed E-state index contributed by atoms with van der Waals surface area (Å²) in [5.74, 6) is 0.979. The molecule has 0 bridgehead atoms. The molecule has 0 radical (unpaired) electrons. The predicted molar refractivity (Wildman–Crippen MR) is 30.0 cm³/mol. The Morgan fingerprint density at radius 1 is 1.71 bits per heavy atom. The Morgan fingerprint density at radius 3 is 2.71 bits per heavy atom. The molecule has 2 aliphatic rings. The maximum atomic E-state index is 2.37. The van der Waals surface area contributed by atoms with Crippen molar-refractivity contribution in [2.75, 3.05) is 0 Å². The number of fused-ring (bicyclic) bond motifs is 1. The van der Waals surface area contributed by atoms with Gasteiger partial charge in [-0.15, -0.1) is 0 Å². The number of allylic oxidation sites excluding steroid dienone is 2. The summed E-state index contributed by atoms with van der Waals surface area (Å²) in [6.45, 7) is 2.37. The lowest BCUT2D eigenvalue weighted by Crippen LogP contribution is -1.86. The quantitative estimate of drug-likeness (QED) is 0.402. The maximum absolute atomic E-state index is 2.37. The fraction of sp³-hybridized carbons (Fsp3) is 0.714. The average Bonchev–Trinajstić information content (AvgIpc) is 2.09. The molecular weight excluding hydrogens is 84.1 g/mol. The Kier molecular flexibility index (Phi) is 0.421. The van der Waals surface area contributed by atoms with E-state index in [1.54, 1.807) is 0 Å². The first-order chi connectivity index (χ1) is 3.31. The van der Waals surface area contributed by atoms with E-state index in [0.717, 1.165) is 11.3 Å². The smallest absolute Gasteiger partial charge is 0.0171 e. The molecule has 38 valence electrons. The zero-order valence-corrected chi connectivity index (χ0v) is 4.65. The highest BCUT2D eigenvalue weighted by molar-refractivity contribution is 5.18. The highest BCUT2D eigenvalue weighted by atomic mass is 14.5. The van der Waals surface area contributed by atoms with Gasteiger partial charge in [0, 0.05) is 0 Å². The van der Waals surface area contributed by atoms with Crippen molar-refractivity contribution in [1.82, 2.24) is 0 Å². The van der Waals surface area contributed by atoms with Crippen molar-refractivity contribution in [3.63, 3.8) is 0 Å². The van der Waals surface area contributed by atoms with Gasteiger partial charge in [-0.3, -0.25) is 0 Å². The van der Waals surface area contributed by atoms with Crippen LogP contribution < -0.4 is 0 Å². The molecule has 0 aromatic carbocycles. The average molecular weight is 94.2 g/mol. The fourth-order valence-corrected chi connectivity index (χ4v) is 1.48. The lowest BCUT2D eigenvalue weighted by atomic mass is 10.1. The van der Waals surface area contributed by atoms with Crippen LogP contribution in [-0.2, 0) is 0 Å². The molecule has 0 unspecified atom stereocenters. The molecule has 0 heterocycles. The second-order valence-electron chi connectivity index (χ2n) is 3.10. The van der Waals surface area contributed by atoms with Crippen LogP contribution in [0.4, 0.5) is 0 Å². The van der Waals surface area contributed by atoms with Crippen molar-refractivity contribution in [3.8, 4) is 0 Å². The Bertz CT molecular complexity index is 124. The van der Waals surface area contributed by atoms with E-state index < -0.39 is 0 Å². The lowest BCUT2D eigenvalue weighted by Gasteiger charge is -1.96. The molecule has 0 N–H and O–H groups in total. The van der Waals surface area contributed by atoms with Crippen LogP contribution in [-0.4, -0.2) is 0 Å². The highest BCUT2D eigenvalue weighted by Crippen LogP contribution is 2.59. The van der Waals surface area contributed by atoms with E-state index in [2.05, 4.69) is 19.1 Å². The van der Waals surface area contributed by atoms with E-state index in [0.29, 0.717) is 0 Å². The second kappa shape index (κ2) is 0.795. The SMILES string of the molecule is C[C@@]12CC=C[C@H]1C2. The molecule has 0 nitrogen and oxygen atoms in total. The summed E-state index contributed by atoms with van der Waals surface area (Å²) in [5.41, 5.74) is 0.750. The van der Waals surface area contributed by atoms with Gasteiger partial charge in [0.1, 0.15) is 0 Å². The van der Waals surface area contributed by atoms with Gasteiger partial charge in [0.15, 0.2) is 0 Å². The molecule has 0 heteroatoms. The van der Waals surface area contributed by atoms with Gasteiger partial charge in [0.2, 0.25) is 0 Å². The normalized spacial score (nSPS) is 54.7. The molecule has 0 aliphatic heterocycles. The molecule has 1 fully saturated rings. The molecule has 7 heavy (non-hydrogen) atoms. The van der Waals surface area contributed by atoms with Crippen molar-refractivity contribution in [1.29, 1.82) is 0 Å². The monoisotopic (exact) mass is 94.1 g/mol. The van der Waals surface area contributed by atoms with Gasteiger partial charge in [-0.1, -0.05) is 19.1 Å². The minimum absolute atomic E-state index is 0.750. The summed E-state index contributed by atoms with van der Waals surface area (Å²) in [6.07, 6.45) is 7.48. The van der Waals surface area contributed by atoms with Crippen LogP contribution in [0.1, 0.15) is 19.8 Å². The summed E-state index contributed by atoms with van der Waals surface area (Å²) < 4.78 is 0. The summed E-state index contributed by atoms with van der Waals surface area (Å²) in [6, 6.07) is 0. The molecule has 0 saturated heterocycles. The summed E-state index contributed by atoms with van der Waals surface area (Å²) >= 11 is 0. The van der Waals surface area contributed by atoms with E-state index in [9.17, 15) is 0 Å². The molecule has 1 saturated carbocycles. The van der Waals surface area contributed by atoms with E-state index in [1.807, 2.05) is 0 Å². The molecule has 0 aromatic rings. The van der Waals surface area contributed by atoms with Gasteiger partial charge in [-0.05, 0) is 24.2 Å². The summed E-state index contributed by atoms with van der Waals surface area (Å²) in [7, 11) is 0. The molecule has 2 rings (SSSR count). The summed E-state index contributed by atoms with van der Waals surface area (Å²) in [4.78, 5) is 0. The van der Waals surface area contributed by atoms with Crippen molar-refractivity contribution in [2.45, 2.75) is 19.8 Å². The minimum Gasteiger partial charge on any atom is -0.0877 e. The van der Waals surface area contributed by atoms with Crippen molar-refractivity contribution in [2.24, 2.45) is 11.3 Å². The lowest BCUT2D eigenvalue weighted by molar-refractivity contribution is 0.574. The van der Waals surface area contributed by atoms with Crippen molar-refractivity contribution in [3.05, 3.63) is 12.2 Å². The van der Waals surface area contributed by atoms with E-state index in [4.69, 9.17) is 0 Å². The molecule has 2 atom stereocenters. The van der Waals surface area contributed by atoms with Gasteiger partial charge < -0.3 is 0 Å². The van der Waals surface area contributed by atoms with Crippen LogP contribution in [0.3, 0.4) is 0 Å². The predicted octanol–water partition coefficient (Wildman–Crippen LogP) is 1.97. The number of rotatable bonds is 0. The van der Waals surface area contributed by atoms with Crippen LogP contribution in [0, 0.1) is 11.3 Å². The van der Waals surface area contributed by atoms with E-state index in [1.165, 1.54) is 12.8 Å². The summed E-state index contributed by atoms with van der Waals surface area (Å²) in [5, 5.41) is 0. The Labute approximate surface area is 44.2 Å². The second-order valence-corrected chi connectivity index (χ2v) is 3.10. The third-order valence-corrected chi connectivity index (χ3v) is 2.37. The van der Waals surface area contributed by atoms with Crippen LogP contribution in [0.2, 0.25) is 0 Å². The Morgan fingerprint density at radius 2 is 2.57 bits per heavy atom.